The van der Waals surface area contributed by atoms with Crippen molar-refractivity contribution in [3.05, 3.63) is 71.5 Å². The molecule has 0 N–H and O–H groups in total. The summed E-state index contributed by atoms with van der Waals surface area (Å²) in [5.74, 6) is 0.280. The fourth-order valence-corrected chi connectivity index (χ4v) is 3.01. The smallest absolute Gasteiger partial charge is 0.338 e. The molecular formula is C22H20N2O5. The maximum atomic E-state index is 12.4. The SMILES string of the molecule is Cc1ccnn1-c1ccc(C(=O)OCC(=O)c2ccc3c(c2)OCCCO3)cc1. The Morgan fingerprint density at radius 3 is 2.45 bits per heavy atom. The number of fused-ring (bicyclic) bond motifs is 1. The molecule has 7 nitrogen and oxygen atoms in total. The van der Waals surface area contributed by atoms with Gasteiger partial charge in [0.05, 0.1) is 24.5 Å². The molecule has 148 valence electrons. The summed E-state index contributed by atoms with van der Waals surface area (Å²) >= 11 is 0. The third-order valence-corrected chi connectivity index (χ3v) is 4.58. The highest BCUT2D eigenvalue weighted by molar-refractivity contribution is 5.99. The molecule has 0 atom stereocenters. The number of aromatic nitrogens is 2. The first-order valence-corrected chi connectivity index (χ1v) is 9.33. The fraction of sp³-hybridized carbons (Fsp3) is 0.227. The molecule has 0 aliphatic carbocycles. The minimum atomic E-state index is -0.559. The van der Waals surface area contributed by atoms with E-state index in [4.69, 9.17) is 14.2 Å². The van der Waals surface area contributed by atoms with E-state index in [2.05, 4.69) is 5.10 Å². The maximum absolute atomic E-state index is 12.4. The standard InChI is InChI=1S/C22H20N2O5/c1-15-9-10-23-24(15)18-6-3-16(4-7-18)22(26)29-14-19(25)17-5-8-20-21(13-17)28-12-2-11-27-20/h3-10,13H,2,11-12,14H2,1H3. The number of esters is 1. The van der Waals surface area contributed by atoms with Crippen molar-refractivity contribution in [1.29, 1.82) is 0 Å². The number of nitrogens with zero attached hydrogens (tertiary/aromatic N) is 2. The molecule has 1 aliphatic rings. The van der Waals surface area contributed by atoms with Crippen LogP contribution in [0.2, 0.25) is 0 Å². The molecular weight excluding hydrogens is 372 g/mol. The Labute approximate surface area is 167 Å². The van der Waals surface area contributed by atoms with Gasteiger partial charge in [0, 0.05) is 23.9 Å². The Morgan fingerprint density at radius 1 is 1.00 bits per heavy atom. The summed E-state index contributed by atoms with van der Waals surface area (Å²) in [5.41, 5.74) is 2.60. The van der Waals surface area contributed by atoms with E-state index in [-0.39, 0.29) is 12.4 Å². The van der Waals surface area contributed by atoms with Gasteiger partial charge in [-0.05, 0) is 55.5 Å². The van der Waals surface area contributed by atoms with Crippen molar-refractivity contribution in [3.63, 3.8) is 0 Å². The summed E-state index contributed by atoms with van der Waals surface area (Å²) in [6, 6.07) is 13.7. The molecule has 2 aromatic carbocycles. The lowest BCUT2D eigenvalue weighted by molar-refractivity contribution is 0.0474. The molecule has 0 bridgehead atoms. The molecule has 2 heterocycles. The maximum Gasteiger partial charge on any atom is 0.338 e. The van der Waals surface area contributed by atoms with Gasteiger partial charge in [-0.3, -0.25) is 4.79 Å². The van der Waals surface area contributed by atoms with Gasteiger partial charge in [0.15, 0.2) is 23.9 Å². The van der Waals surface area contributed by atoms with Gasteiger partial charge in [0.1, 0.15) is 0 Å². The van der Waals surface area contributed by atoms with Crippen LogP contribution >= 0.6 is 0 Å². The van der Waals surface area contributed by atoms with Gasteiger partial charge in [-0.2, -0.15) is 5.10 Å². The fourth-order valence-electron chi connectivity index (χ4n) is 3.01. The number of rotatable bonds is 5. The number of benzene rings is 2. The third kappa shape index (κ3) is 4.13. The second-order valence-electron chi connectivity index (χ2n) is 6.64. The highest BCUT2D eigenvalue weighted by atomic mass is 16.5. The largest absolute Gasteiger partial charge is 0.490 e. The van der Waals surface area contributed by atoms with E-state index in [9.17, 15) is 9.59 Å². The van der Waals surface area contributed by atoms with E-state index in [1.165, 1.54) is 0 Å². The molecule has 0 fully saturated rings. The molecule has 0 saturated carbocycles. The number of hydrogen-bond donors (Lipinski definition) is 0. The molecule has 0 amide bonds. The minimum absolute atomic E-state index is 0.308. The number of aryl methyl sites for hydroxylation is 1. The monoisotopic (exact) mass is 392 g/mol. The summed E-state index contributed by atoms with van der Waals surface area (Å²) in [5, 5.41) is 4.23. The molecule has 3 aromatic rings. The average Bonchev–Trinajstić information content (AvgIpc) is 3.04. The van der Waals surface area contributed by atoms with Gasteiger partial charge >= 0.3 is 5.97 Å². The Bertz CT molecular complexity index is 1040. The van der Waals surface area contributed by atoms with Gasteiger partial charge in [0.25, 0.3) is 0 Å². The minimum Gasteiger partial charge on any atom is -0.490 e. The van der Waals surface area contributed by atoms with E-state index in [0.29, 0.717) is 35.8 Å². The van der Waals surface area contributed by atoms with Gasteiger partial charge in [-0.1, -0.05) is 0 Å². The Hall–Kier alpha value is -3.61. The lowest BCUT2D eigenvalue weighted by atomic mass is 10.1. The first-order chi connectivity index (χ1) is 14.1. The quantitative estimate of drug-likeness (QED) is 0.489. The molecule has 1 aliphatic heterocycles. The summed E-state index contributed by atoms with van der Waals surface area (Å²) in [7, 11) is 0. The molecule has 4 rings (SSSR count). The number of Topliss-reactive ketones (excluding diaryl/α,β-unsaturated/α-hetero) is 1. The highest BCUT2D eigenvalue weighted by Gasteiger charge is 2.16. The topological polar surface area (TPSA) is 79.7 Å². The van der Waals surface area contributed by atoms with Crippen molar-refractivity contribution >= 4 is 11.8 Å². The van der Waals surface area contributed by atoms with Crippen molar-refractivity contribution < 1.29 is 23.8 Å². The van der Waals surface area contributed by atoms with Crippen LogP contribution in [0.1, 0.15) is 32.8 Å². The summed E-state index contributed by atoms with van der Waals surface area (Å²) in [6.07, 6.45) is 2.50. The molecule has 29 heavy (non-hydrogen) atoms. The van der Waals surface area contributed by atoms with Crippen molar-refractivity contribution in [3.8, 4) is 17.2 Å². The van der Waals surface area contributed by atoms with Crippen LogP contribution in [0, 0.1) is 6.92 Å². The van der Waals surface area contributed by atoms with Crippen molar-refractivity contribution in [1.82, 2.24) is 9.78 Å². The second kappa shape index (κ2) is 8.18. The van der Waals surface area contributed by atoms with Gasteiger partial charge < -0.3 is 14.2 Å². The Kier molecular flexibility index (Phi) is 5.29. The lowest BCUT2D eigenvalue weighted by Gasteiger charge is -2.09. The van der Waals surface area contributed by atoms with Crippen LogP contribution in [0.5, 0.6) is 11.5 Å². The average molecular weight is 392 g/mol. The van der Waals surface area contributed by atoms with Gasteiger partial charge in [-0.15, -0.1) is 0 Å². The first kappa shape index (κ1) is 18.7. The second-order valence-corrected chi connectivity index (χ2v) is 6.64. The van der Waals surface area contributed by atoms with E-state index in [0.717, 1.165) is 17.8 Å². The van der Waals surface area contributed by atoms with E-state index in [1.807, 2.05) is 13.0 Å². The van der Waals surface area contributed by atoms with Gasteiger partial charge in [0.2, 0.25) is 0 Å². The summed E-state index contributed by atoms with van der Waals surface area (Å²) in [6.45, 7) is 2.71. The highest BCUT2D eigenvalue weighted by Crippen LogP contribution is 2.30. The van der Waals surface area contributed by atoms with Crippen LogP contribution in [-0.4, -0.2) is 41.4 Å². The number of hydrogen-bond acceptors (Lipinski definition) is 6. The number of ketones is 1. The predicted molar refractivity (Wildman–Crippen MR) is 105 cm³/mol. The Morgan fingerprint density at radius 2 is 1.72 bits per heavy atom. The van der Waals surface area contributed by atoms with E-state index >= 15 is 0 Å². The zero-order valence-corrected chi connectivity index (χ0v) is 16.0. The summed E-state index contributed by atoms with van der Waals surface area (Å²) in [4.78, 5) is 24.7. The number of ether oxygens (including phenoxy) is 3. The van der Waals surface area contributed by atoms with Gasteiger partial charge in [-0.25, -0.2) is 9.48 Å². The van der Waals surface area contributed by atoms with Crippen molar-refractivity contribution in [2.75, 3.05) is 19.8 Å². The zero-order valence-electron chi connectivity index (χ0n) is 16.0. The van der Waals surface area contributed by atoms with Crippen LogP contribution < -0.4 is 9.47 Å². The molecule has 7 heteroatoms. The molecule has 1 aromatic heterocycles. The molecule has 0 unspecified atom stereocenters. The van der Waals surface area contributed by atoms with Crippen LogP contribution in [-0.2, 0) is 4.74 Å². The number of carbonyl (C=O) groups excluding carboxylic acids is 2. The van der Waals surface area contributed by atoms with Crippen LogP contribution in [0.3, 0.4) is 0 Å². The molecule has 0 radical (unpaired) electrons. The van der Waals surface area contributed by atoms with E-state index < -0.39 is 5.97 Å². The van der Waals surface area contributed by atoms with E-state index in [1.54, 1.807) is 53.3 Å². The molecule has 0 saturated heterocycles. The number of carbonyl (C=O) groups is 2. The van der Waals surface area contributed by atoms with Crippen molar-refractivity contribution in [2.24, 2.45) is 0 Å². The van der Waals surface area contributed by atoms with Crippen LogP contribution in [0.15, 0.2) is 54.7 Å². The third-order valence-electron chi connectivity index (χ3n) is 4.58. The molecule has 0 spiro atoms. The normalized spacial score (nSPS) is 12.9. The Balaban J connectivity index is 1.38. The first-order valence-electron chi connectivity index (χ1n) is 9.33. The van der Waals surface area contributed by atoms with Crippen LogP contribution in [0.25, 0.3) is 5.69 Å². The zero-order chi connectivity index (χ0) is 20.2. The summed E-state index contributed by atoms with van der Waals surface area (Å²) < 4.78 is 18.1. The van der Waals surface area contributed by atoms with Crippen molar-refractivity contribution in [2.45, 2.75) is 13.3 Å². The predicted octanol–water partition coefficient (Wildman–Crippen LogP) is 3.38. The van der Waals surface area contributed by atoms with Crippen LogP contribution in [0.4, 0.5) is 0 Å². The lowest BCUT2D eigenvalue weighted by Crippen LogP contribution is -2.14.